The number of nitrogens with zero attached hydrogens (tertiary/aromatic N) is 1. The second-order valence-electron chi connectivity index (χ2n) is 6.19. The number of rotatable bonds is 2. The zero-order valence-corrected chi connectivity index (χ0v) is 12.9. The fourth-order valence-corrected chi connectivity index (χ4v) is 4.74. The van der Waals surface area contributed by atoms with E-state index >= 15 is 0 Å². The van der Waals surface area contributed by atoms with Gasteiger partial charge in [0.2, 0.25) is 0 Å². The van der Waals surface area contributed by atoms with Gasteiger partial charge in [0.15, 0.2) is 0 Å². The molecule has 2 fully saturated rings. The highest BCUT2D eigenvalue weighted by Gasteiger charge is 2.40. The molecule has 1 aromatic heterocycles. The molecular formula is C17H19NO2S. The summed E-state index contributed by atoms with van der Waals surface area (Å²) in [6, 6.07) is 9.22. The number of fused-ring (bicyclic) bond motifs is 3. The lowest BCUT2D eigenvalue weighted by Crippen LogP contribution is -2.43. The topological polar surface area (TPSA) is 29.5 Å². The van der Waals surface area contributed by atoms with E-state index in [4.69, 9.17) is 4.74 Å². The largest absolute Gasteiger partial charge is 0.459 e. The van der Waals surface area contributed by atoms with E-state index in [0.29, 0.717) is 12.1 Å². The third-order valence-corrected chi connectivity index (χ3v) is 5.99. The number of hydrogen-bond donors (Lipinski definition) is 0. The smallest absolute Gasteiger partial charge is 0.339 e. The van der Waals surface area contributed by atoms with Crippen molar-refractivity contribution in [1.29, 1.82) is 0 Å². The second kappa shape index (κ2) is 5.11. The molecule has 2 aromatic rings. The lowest BCUT2D eigenvalue weighted by molar-refractivity contribution is -0.000221. The van der Waals surface area contributed by atoms with Gasteiger partial charge in [-0.05, 0) is 26.0 Å². The average Bonchev–Trinajstić information content (AvgIpc) is 2.98. The van der Waals surface area contributed by atoms with Crippen molar-refractivity contribution in [3.63, 3.8) is 0 Å². The molecule has 0 saturated carbocycles. The van der Waals surface area contributed by atoms with Crippen LogP contribution in [0.5, 0.6) is 0 Å². The Morgan fingerprint density at radius 2 is 1.95 bits per heavy atom. The zero-order valence-electron chi connectivity index (χ0n) is 12.1. The molecule has 21 heavy (non-hydrogen) atoms. The van der Waals surface area contributed by atoms with Crippen LogP contribution in [0.4, 0.5) is 0 Å². The molecule has 1 unspecified atom stereocenters. The summed E-state index contributed by atoms with van der Waals surface area (Å²) in [7, 11) is 2.20. The molecule has 0 amide bonds. The summed E-state index contributed by atoms with van der Waals surface area (Å²) in [6.07, 6.45) is 4.55. The lowest BCUT2D eigenvalue weighted by Gasteiger charge is -2.35. The molecule has 3 heterocycles. The Balaban J connectivity index is 1.51. The molecule has 2 saturated heterocycles. The number of benzene rings is 1. The fourth-order valence-electron chi connectivity index (χ4n) is 3.81. The number of carbonyl (C=O) groups is 1. The number of carbonyl (C=O) groups excluding carboxylic acids is 1. The van der Waals surface area contributed by atoms with Gasteiger partial charge in [0, 0.05) is 40.4 Å². The van der Waals surface area contributed by atoms with Crippen LogP contribution in [-0.2, 0) is 4.74 Å². The van der Waals surface area contributed by atoms with Crippen molar-refractivity contribution in [3.05, 3.63) is 35.2 Å². The molecule has 4 rings (SSSR count). The van der Waals surface area contributed by atoms with Gasteiger partial charge in [-0.3, -0.25) is 0 Å². The summed E-state index contributed by atoms with van der Waals surface area (Å²) in [4.78, 5) is 14.9. The molecule has 4 heteroatoms. The van der Waals surface area contributed by atoms with Crippen LogP contribution in [0, 0.1) is 0 Å². The quantitative estimate of drug-likeness (QED) is 0.792. The molecule has 0 aliphatic carbocycles. The van der Waals surface area contributed by atoms with E-state index in [1.54, 1.807) is 11.3 Å². The van der Waals surface area contributed by atoms with E-state index in [2.05, 4.69) is 11.9 Å². The maximum Gasteiger partial charge on any atom is 0.339 e. The van der Waals surface area contributed by atoms with Gasteiger partial charge in [-0.2, -0.15) is 0 Å². The third kappa shape index (κ3) is 2.27. The van der Waals surface area contributed by atoms with Gasteiger partial charge in [-0.25, -0.2) is 4.79 Å². The fraction of sp³-hybridized carbons (Fsp3) is 0.471. The maximum atomic E-state index is 12.5. The summed E-state index contributed by atoms with van der Waals surface area (Å²) >= 11 is 1.61. The number of esters is 1. The van der Waals surface area contributed by atoms with Gasteiger partial charge in [0.05, 0.1) is 5.56 Å². The van der Waals surface area contributed by atoms with Crippen molar-refractivity contribution >= 4 is 27.4 Å². The van der Waals surface area contributed by atoms with Crippen molar-refractivity contribution in [2.24, 2.45) is 0 Å². The first kappa shape index (κ1) is 13.3. The highest BCUT2D eigenvalue weighted by atomic mass is 32.1. The Morgan fingerprint density at radius 1 is 1.24 bits per heavy atom. The van der Waals surface area contributed by atoms with Crippen LogP contribution in [0.2, 0.25) is 0 Å². The van der Waals surface area contributed by atoms with Gasteiger partial charge < -0.3 is 9.64 Å². The SMILES string of the molecule is CN1[C@@H]2CC[C@H]1CC(OC(=O)c1csc3ccccc13)C2. The maximum absolute atomic E-state index is 12.5. The molecule has 3 atom stereocenters. The summed E-state index contributed by atoms with van der Waals surface area (Å²) in [5.41, 5.74) is 0.724. The molecule has 2 aliphatic rings. The van der Waals surface area contributed by atoms with Gasteiger partial charge in [0.1, 0.15) is 6.10 Å². The first-order valence-corrected chi connectivity index (χ1v) is 8.49. The van der Waals surface area contributed by atoms with Gasteiger partial charge in [-0.1, -0.05) is 18.2 Å². The first-order valence-electron chi connectivity index (χ1n) is 7.61. The van der Waals surface area contributed by atoms with E-state index in [9.17, 15) is 4.79 Å². The van der Waals surface area contributed by atoms with Crippen molar-refractivity contribution in [3.8, 4) is 0 Å². The first-order chi connectivity index (χ1) is 10.2. The van der Waals surface area contributed by atoms with Gasteiger partial charge in [0.25, 0.3) is 0 Å². The van der Waals surface area contributed by atoms with Crippen LogP contribution >= 0.6 is 11.3 Å². The number of thiophene rings is 1. The van der Waals surface area contributed by atoms with Crippen molar-refractivity contribution in [1.82, 2.24) is 4.90 Å². The molecule has 1 aromatic carbocycles. The van der Waals surface area contributed by atoms with Crippen LogP contribution in [0.1, 0.15) is 36.0 Å². The molecule has 3 nitrogen and oxygen atoms in total. The summed E-state index contributed by atoms with van der Waals surface area (Å²) in [6.45, 7) is 0. The minimum absolute atomic E-state index is 0.0878. The molecular weight excluding hydrogens is 282 g/mol. The molecule has 0 N–H and O–H groups in total. The zero-order chi connectivity index (χ0) is 14.4. The highest BCUT2D eigenvalue weighted by molar-refractivity contribution is 7.17. The second-order valence-corrected chi connectivity index (χ2v) is 7.11. The van der Waals surface area contributed by atoms with Crippen molar-refractivity contribution in [2.75, 3.05) is 7.05 Å². The lowest BCUT2D eigenvalue weighted by atomic mass is 10.0. The number of ether oxygens (including phenoxy) is 1. The summed E-state index contributed by atoms with van der Waals surface area (Å²) in [5.74, 6) is -0.151. The molecule has 0 radical (unpaired) electrons. The van der Waals surface area contributed by atoms with Crippen LogP contribution in [0.3, 0.4) is 0 Å². The normalized spacial score (nSPS) is 28.9. The minimum Gasteiger partial charge on any atom is -0.459 e. The Labute approximate surface area is 128 Å². The standard InChI is InChI=1S/C17H19NO2S/c1-18-11-6-7-12(18)9-13(8-11)20-17(19)15-10-21-16-5-3-2-4-14(15)16/h2-5,10-13H,6-9H2,1H3/t11-,12+,13?. The molecule has 110 valence electrons. The van der Waals surface area contributed by atoms with E-state index < -0.39 is 0 Å². The molecule has 2 bridgehead atoms. The van der Waals surface area contributed by atoms with E-state index in [-0.39, 0.29) is 12.1 Å². The van der Waals surface area contributed by atoms with Crippen molar-refractivity contribution < 1.29 is 9.53 Å². The summed E-state index contributed by atoms with van der Waals surface area (Å²) < 4.78 is 6.96. The van der Waals surface area contributed by atoms with Crippen molar-refractivity contribution in [2.45, 2.75) is 43.9 Å². The number of hydrogen-bond acceptors (Lipinski definition) is 4. The predicted octanol–water partition coefficient (Wildman–Crippen LogP) is 3.68. The van der Waals surface area contributed by atoms with E-state index in [1.807, 2.05) is 29.6 Å². The van der Waals surface area contributed by atoms with Crippen LogP contribution in [0.25, 0.3) is 10.1 Å². The predicted molar refractivity (Wildman–Crippen MR) is 84.8 cm³/mol. The molecule has 2 aliphatic heterocycles. The van der Waals surface area contributed by atoms with Crippen LogP contribution in [0.15, 0.2) is 29.6 Å². The van der Waals surface area contributed by atoms with Gasteiger partial charge >= 0.3 is 5.97 Å². The Hall–Kier alpha value is -1.39. The Kier molecular flexibility index (Phi) is 3.23. The molecule has 0 spiro atoms. The Bertz CT molecular complexity index is 666. The third-order valence-electron chi connectivity index (χ3n) is 5.03. The number of piperidine rings is 1. The Morgan fingerprint density at radius 3 is 2.71 bits per heavy atom. The van der Waals surface area contributed by atoms with Gasteiger partial charge in [-0.15, -0.1) is 11.3 Å². The monoisotopic (exact) mass is 301 g/mol. The summed E-state index contributed by atoms with van der Waals surface area (Å²) in [5, 5.41) is 2.94. The van der Waals surface area contributed by atoms with Crippen LogP contribution in [-0.4, -0.2) is 36.1 Å². The van der Waals surface area contributed by atoms with E-state index in [1.165, 1.54) is 12.8 Å². The average molecular weight is 301 g/mol. The minimum atomic E-state index is -0.151. The van der Waals surface area contributed by atoms with E-state index in [0.717, 1.165) is 28.5 Å². The highest BCUT2D eigenvalue weighted by Crippen LogP contribution is 2.36. The van der Waals surface area contributed by atoms with Crippen LogP contribution < -0.4 is 0 Å².